The van der Waals surface area contributed by atoms with E-state index in [9.17, 15) is 14.4 Å². The first-order chi connectivity index (χ1) is 15.3. The van der Waals surface area contributed by atoms with E-state index in [4.69, 9.17) is 0 Å². The lowest BCUT2D eigenvalue weighted by molar-refractivity contribution is -0.131. The van der Waals surface area contributed by atoms with Crippen molar-refractivity contribution < 1.29 is 14.4 Å². The highest BCUT2D eigenvalue weighted by Gasteiger charge is 2.48. The standard InChI is InChI=1S/C26H31N3O3/c1-18(2)20-10-12-22(13-11-20)26(3)24(31)29(25(32)27-26)17-19-8-7-9-21(16-19)23(30)28-14-5-4-6-15-28/h7-13,16,18H,4-6,14-15,17H2,1-3H3,(H,27,32). The zero-order valence-electron chi connectivity index (χ0n) is 19.1. The summed E-state index contributed by atoms with van der Waals surface area (Å²) in [4.78, 5) is 42.0. The van der Waals surface area contributed by atoms with Crippen molar-refractivity contribution in [2.75, 3.05) is 13.1 Å². The lowest BCUT2D eigenvalue weighted by Crippen LogP contribution is -2.40. The van der Waals surface area contributed by atoms with Gasteiger partial charge in [0.2, 0.25) is 0 Å². The Hall–Kier alpha value is -3.15. The fraction of sp³-hybridized carbons (Fsp3) is 0.423. The first kappa shape index (κ1) is 22.1. The van der Waals surface area contributed by atoms with E-state index < -0.39 is 11.6 Å². The van der Waals surface area contributed by atoms with E-state index >= 15 is 0 Å². The van der Waals surface area contributed by atoms with E-state index in [0.717, 1.165) is 43.5 Å². The number of carbonyl (C=O) groups excluding carboxylic acids is 3. The van der Waals surface area contributed by atoms with Crippen molar-refractivity contribution in [3.63, 3.8) is 0 Å². The Kier molecular flexibility index (Phi) is 6.04. The molecule has 32 heavy (non-hydrogen) atoms. The zero-order valence-corrected chi connectivity index (χ0v) is 19.1. The largest absolute Gasteiger partial charge is 0.339 e. The molecular weight excluding hydrogens is 402 g/mol. The van der Waals surface area contributed by atoms with Gasteiger partial charge in [0.15, 0.2) is 0 Å². The van der Waals surface area contributed by atoms with Crippen LogP contribution in [-0.4, -0.2) is 40.7 Å². The second-order valence-corrected chi connectivity index (χ2v) is 9.28. The van der Waals surface area contributed by atoms with Crippen LogP contribution in [0.25, 0.3) is 0 Å². The Morgan fingerprint density at radius 1 is 1.03 bits per heavy atom. The number of hydrogen-bond acceptors (Lipinski definition) is 3. The van der Waals surface area contributed by atoms with Crippen LogP contribution in [0.5, 0.6) is 0 Å². The second kappa shape index (κ2) is 8.77. The van der Waals surface area contributed by atoms with Gasteiger partial charge in [0, 0.05) is 18.7 Å². The van der Waals surface area contributed by atoms with Gasteiger partial charge < -0.3 is 10.2 Å². The average molecular weight is 434 g/mol. The van der Waals surface area contributed by atoms with Gasteiger partial charge in [-0.3, -0.25) is 14.5 Å². The van der Waals surface area contributed by atoms with E-state index in [0.29, 0.717) is 11.5 Å². The number of nitrogens with one attached hydrogen (secondary N) is 1. The van der Waals surface area contributed by atoms with Gasteiger partial charge in [0.25, 0.3) is 11.8 Å². The van der Waals surface area contributed by atoms with E-state index in [-0.39, 0.29) is 18.4 Å². The van der Waals surface area contributed by atoms with Gasteiger partial charge in [-0.25, -0.2) is 4.79 Å². The Balaban J connectivity index is 1.52. The van der Waals surface area contributed by atoms with Gasteiger partial charge in [-0.05, 0) is 60.9 Å². The first-order valence-electron chi connectivity index (χ1n) is 11.4. The highest BCUT2D eigenvalue weighted by molar-refractivity contribution is 6.07. The van der Waals surface area contributed by atoms with Crippen LogP contribution < -0.4 is 5.32 Å². The number of likely N-dealkylation sites (tertiary alicyclic amines) is 1. The number of nitrogens with zero attached hydrogens (tertiary/aromatic N) is 2. The molecule has 2 saturated heterocycles. The van der Waals surface area contributed by atoms with Gasteiger partial charge in [0.05, 0.1) is 6.54 Å². The summed E-state index contributed by atoms with van der Waals surface area (Å²) in [5, 5.41) is 2.87. The van der Waals surface area contributed by atoms with Crippen LogP contribution >= 0.6 is 0 Å². The molecule has 1 N–H and O–H groups in total. The third kappa shape index (κ3) is 4.14. The molecule has 0 saturated carbocycles. The number of imide groups is 1. The van der Waals surface area contributed by atoms with Crippen LogP contribution in [0.1, 0.15) is 73.0 Å². The minimum absolute atomic E-state index is 0.0128. The molecular formula is C26H31N3O3. The Bertz CT molecular complexity index is 1020. The highest BCUT2D eigenvalue weighted by atomic mass is 16.2. The summed E-state index contributed by atoms with van der Waals surface area (Å²) in [6.07, 6.45) is 3.23. The van der Waals surface area contributed by atoms with Crippen LogP contribution in [0.2, 0.25) is 0 Å². The van der Waals surface area contributed by atoms with Gasteiger partial charge in [0.1, 0.15) is 5.54 Å². The number of piperidine rings is 1. The van der Waals surface area contributed by atoms with Crippen molar-refractivity contribution in [3.8, 4) is 0 Å². The molecule has 2 aromatic carbocycles. The Morgan fingerprint density at radius 3 is 2.38 bits per heavy atom. The average Bonchev–Trinajstić information content (AvgIpc) is 3.03. The first-order valence-corrected chi connectivity index (χ1v) is 11.4. The maximum Gasteiger partial charge on any atom is 0.325 e. The summed E-state index contributed by atoms with van der Waals surface area (Å²) in [7, 11) is 0. The van der Waals surface area contributed by atoms with Gasteiger partial charge >= 0.3 is 6.03 Å². The van der Waals surface area contributed by atoms with Crippen molar-refractivity contribution in [2.24, 2.45) is 0 Å². The Labute approximate surface area is 189 Å². The van der Waals surface area contributed by atoms with Crippen molar-refractivity contribution >= 4 is 17.8 Å². The number of urea groups is 1. The number of hydrogen-bond donors (Lipinski definition) is 1. The third-order valence-electron chi connectivity index (χ3n) is 6.59. The lowest BCUT2D eigenvalue weighted by atomic mass is 9.90. The molecule has 0 aromatic heterocycles. The molecule has 0 spiro atoms. The van der Waals surface area contributed by atoms with Crippen molar-refractivity contribution in [3.05, 3.63) is 70.8 Å². The summed E-state index contributed by atoms with van der Waals surface area (Å²) >= 11 is 0. The summed E-state index contributed by atoms with van der Waals surface area (Å²) in [5.74, 6) is 0.119. The molecule has 1 unspecified atom stereocenters. The molecule has 0 aliphatic carbocycles. The molecule has 2 aromatic rings. The lowest BCUT2D eigenvalue weighted by Gasteiger charge is -2.27. The molecule has 4 rings (SSSR count). The van der Waals surface area contributed by atoms with Crippen molar-refractivity contribution in [2.45, 2.75) is 58.0 Å². The summed E-state index contributed by atoms with van der Waals surface area (Å²) in [6.45, 7) is 7.67. The second-order valence-electron chi connectivity index (χ2n) is 9.28. The molecule has 2 heterocycles. The third-order valence-corrected chi connectivity index (χ3v) is 6.59. The number of benzene rings is 2. The quantitative estimate of drug-likeness (QED) is 0.711. The Morgan fingerprint density at radius 2 is 1.72 bits per heavy atom. The summed E-state index contributed by atoms with van der Waals surface area (Å²) in [5.41, 5.74) is 2.20. The zero-order chi connectivity index (χ0) is 22.9. The minimum Gasteiger partial charge on any atom is -0.339 e. The molecule has 2 aliphatic rings. The van der Waals surface area contributed by atoms with Crippen LogP contribution in [0, 0.1) is 0 Å². The predicted octanol–water partition coefficient (Wildman–Crippen LogP) is 4.40. The van der Waals surface area contributed by atoms with E-state index in [2.05, 4.69) is 19.2 Å². The fourth-order valence-corrected chi connectivity index (χ4v) is 4.50. The molecule has 4 amide bonds. The van der Waals surface area contributed by atoms with Gasteiger partial charge in [-0.1, -0.05) is 50.2 Å². The van der Waals surface area contributed by atoms with Crippen LogP contribution in [0.4, 0.5) is 4.79 Å². The highest BCUT2D eigenvalue weighted by Crippen LogP contribution is 2.31. The van der Waals surface area contributed by atoms with Crippen LogP contribution in [0.15, 0.2) is 48.5 Å². The number of amides is 4. The number of rotatable bonds is 5. The van der Waals surface area contributed by atoms with Crippen LogP contribution in [0.3, 0.4) is 0 Å². The molecule has 2 fully saturated rings. The molecule has 2 aliphatic heterocycles. The van der Waals surface area contributed by atoms with Crippen molar-refractivity contribution in [1.29, 1.82) is 0 Å². The molecule has 6 heteroatoms. The molecule has 6 nitrogen and oxygen atoms in total. The normalized spacial score (nSPS) is 21.2. The molecule has 0 bridgehead atoms. The topological polar surface area (TPSA) is 69.7 Å². The van der Waals surface area contributed by atoms with E-state index in [1.165, 1.54) is 10.5 Å². The molecule has 1 atom stereocenters. The van der Waals surface area contributed by atoms with Gasteiger partial charge in [-0.15, -0.1) is 0 Å². The van der Waals surface area contributed by atoms with E-state index in [1.807, 2.05) is 41.3 Å². The maximum atomic E-state index is 13.3. The van der Waals surface area contributed by atoms with E-state index in [1.54, 1.807) is 19.1 Å². The number of carbonyl (C=O) groups is 3. The fourth-order valence-electron chi connectivity index (χ4n) is 4.50. The smallest absolute Gasteiger partial charge is 0.325 e. The SMILES string of the molecule is CC(C)c1ccc(C2(C)NC(=O)N(Cc3cccc(C(=O)N4CCCCC4)c3)C2=O)cc1. The monoisotopic (exact) mass is 433 g/mol. The van der Waals surface area contributed by atoms with Crippen molar-refractivity contribution in [1.82, 2.24) is 15.1 Å². The predicted molar refractivity (Wildman–Crippen MR) is 123 cm³/mol. The molecule has 0 radical (unpaired) electrons. The van der Waals surface area contributed by atoms with Gasteiger partial charge in [-0.2, -0.15) is 0 Å². The molecule has 168 valence electrons. The minimum atomic E-state index is -1.10. The summed E-state index contributed by atoms with van der Waals surface area (Å²) < 4.78 is 0. The van der Waals surface area contributed by atoms with Crippen LogP contribution in [-0.2, 0) is 16.9 Å². The maximum absolute atomic E-state index is 13.3. The summed E-state index contributed by atoms with van der Waals surface area (Å²) in [6, 6.07) is 14.7.